The van der Waals surface area contributed by atoms with Gasteiger partial charge < -0.3 is 15.5 Å². The van der Waals surface area contributed by atoms with Crippen molar-refractivity contribution in [3.8, 4) is 0 Å². The number of amides is 3. The number of benzene rings is 2. The van der Waals surface area contributed by atoms with Gasteiger partial charge in [-0.15, -0.1) is 0 Å². The van der Waals surface area contributed by atoms with Crippen LogP contribution in [0.1, 0.15) is 24.5 Å². The predicted octanol–water partition coefficient (Wildman–Crippen LogP) is 2.53. The molecule has 0 fully saturated rings. The molecule has 0 aliphatic heterocycles. The number of carbonyl (C=O) groups is 3. The molecule has 148 valence electrons. The highest BCUT2D eigenvalue weighted by Gasteiger charge is 2.17. The number of nitrogens with zero attached hydrogens (tertiary/aromatic N) is 1. The first-order valence-corrected chi connectivity index (χ1v) is 9.43. The second kappa shape index (κ2) is 10.9. The SMILES string of the molecule is CCCN(CC(=O)Nc1ccccc1C)C(=O)CNC(=O)Cc1ccccc1. The number of carbonyl (C=O) groups excluding carboxylic acids is 3. The normalized spacial score (nSPS) is 10.2. The molecular weight excluding hydrogens is 354 g/mol. The van der Waals surface area contributed by atoms with Gasteiger partial charge in [-0.3, -0.25) is 14.4 Å². The second-order valence-electron chi connectivity index (χ2n) is 6.62. The Hall–Kier alpha value is -3.15. The molecule has 0 aliphatic carbocycles. The van der Waals surface area contributed by atoms with Crippen molar-refractivity contribution in [2.45, 2.75) is 26.7 Å². The molecule has 2 rings (SSSR count). The summed E-state index contributed by atoms with van der Waals surface area (Å²) in [6.07, 6.45) is 0.941. The Bertz CT molecular complexity index is 806. The van der Waals surface area contributed by atoms with Crippen molar-refractivity contribution in [1.82, 2.24) is 10.2 Å². The zero-order chi connectivity index (χ0) is 20.4. The molecule has 0 saturated carbocycles. The molecule has 0 bridgehead atoms. The number of nitrogens with one attached hydrogen (secondary N) is 2. The van der Waals surface area contributed by atoms with E-state index in [0.717, 1.165) is 23.2 Å². The zero-order valence-corrected chi connectivity index (χ0v) is 16.4. The van der Waals surface area contributed by atoms with E-state index >= 15 is 0 Å². The lowest BCUT2D eigenvalue weighted by atomic mass is 10.1. The fourth-order valence-corrected chi connectivity index (χ4v) is 2.77. The fraction of sp³-hybridized carbons (Fsp3) is 0.318. The van der Waals surface area contributed by atoms with E-state index in [1.807, 2.05) is 68.4 Å². The van der Waals surface area contributed by atoms with Crippen LogP contribution < -0.4 is 10.6 Å². The number of rotatable bonds is 9. The van der Waals surface area contributed by atoms with Gasteiger partial charge in [0.1, 0.15) is 0 Å². The lowest BCUT2D eigenvalue weighted by Gasteiger charge is -2.22. The summed E-state index contributed by atoms with van der Waals surface area (Å²) in [5.41, 5.74) is 2.57. The predicted molar refractivity (Wildman–Crippen MR) is 110 cm³/mol. The van der Waals surface area contributed by atoms with Gasteiger partial charge in [0.25, 0.3) is 0 Å². The molecule has 2 N–H and O–H groups in total. The van der Waals surface area contributed by atoms with Gasteiger partial charge in [0, 0.05) is 12.2 Å². The fourth-order valence-electron chi connectivity index (χ4n) is 2.77. The second-order valence-corrected chi connectivity index (χ2v) is 6.62. The van der Waals surface area contributed by atoms with Crippen LogP contribution in [0.5, 0.6) is 0 Å². The maximum absolute atomic E-state index is 12.5. The minimum absolute atomic E-state index is 0.0461. The van der Waals surface area contributed by atoms with Crippen molar-refractivity contribution in [2.24, 2.45) is 0 Å². The summed E-state index contributed by atoms with van der Waals surface area (Å²) in [4.78, 5) is 38.3. The molecule has 0 aromatic heterocycles. The van der Waals surface area contributed by atoms with Gasteiger partial charge in [0.2, 0.25) is 17.7 Å². The molecule has 6 heteroatoms. The van der Waals surface area contributed by atoms with E-state index in [0.29, 0.717) is 6.54 Å². The van der Waals surface area contributed by atoms with Gasteiger partial charge in [-0.05, 0) is 30.5 Å². The molecule has 28 heavy (non-hydrogen) atoms. The van der Waals surface area contributed by atoms with Gasteiger partial charge in [0.15, 0.2) is 0 Å². The lowest BCUT2D eigenvalue weighted by Crippen LogP contribution is -2.44. The van der Waals surface area contributed by atoms with E-state index in [2.05, 4.69) is 10.6 Å². The van der Waals surface area contributed by atoms with Crippen LogP contribution in [0, 0.1) is 6.92 Å². The van der Waals surface area contributed by atoms with Crippen molar-refractivity contribution < 1.29 is 14.4 Å². The van der Waals surface area contributed by atoms with Crippen LogP contribution in [0.15, 0.2) is 54.6 Å². The Balaban J connectivity index is 1.85. The van der Waals surface area contributed by atoms with Crippen molar-refractivity contribution in [1.29, 1.82) is 0 Å². The molecule has 2 aromatic carbocycles. The quantitative estimate of drug-likeness (QED) is 0.701. The topological polar surface area (TPSA) is 78.5 Å². The summed E-state index contributed by atoms with van der Waals surface area (Å²) in [5.74, 6) is -0.754. The Morgan fingerprint density at radius 3 is 2.29 bits per heavy atom. The van der Waals surface area contributed by atoms with Crippen molar-refractivity contribution >= 4 is 23.4 Å². The molecule has 0 spiro atoms. The Morgan fingerprint density at radius 2 is 1.61 bits per heavy atom. The average Bonchev–Trinajstić information content (AvgIpc) is 2.68. The van der Waals surface area contributed by atoms with Gasteiger partial charge in [-0.25, -0.2) is 0 Å². The molecule has 0 atom stereocenters. The first kappa shape index (κ1) is 21.2. The third-order valence-electron chi connectivity index (χ3n) is 4.24. The highest BCUT2D eigenvalue weighted by Crippen LogP contribution is 2.13. The highest BCUT2D eigenvalue weighted by molar-refractivity contribution is 5.95. The third-order valence-corrected chi connectivity index (χ3v) is 4.24. The van der Waals surface area contributed by atoms with E-state index in [1.54, 1.807) is 0 Å². The number of hydrogen-bond donors (Lipinski definition) is 2. The van der Waals surface area contributed by atoms with E-state index in [9.17, 15) is 14.4 Å². The van der Waals surface area contributed by atoms with E-state index < -0.39 is 0 Å². The zero-order valence-electron chi connectivity index (χ0n) is 16.4. The maximum atomic E-state index is 12.5. The third kappa shape index (κ3) is 6.87. The summed E-state index contributed by atoms with van der Waals surface area (Å²) in [6.45, 7) is 4.13. The van der Waals surface area contributed by atoms with Crippen molar-refractivity contribution in [3.05, 3.63) is 65.7 Å². The van der Waals surface area contributed by atoms with E-state index in [-0.39, 0.29) is 37.2 Å². The van der Waals surface area contributed by atoms with Crippen LogP contribution in [0.25, 0.3) is 0 Å². The summed E-state index contributed by atoms with van der Waals surface area (Å²) in [6, 6.07) is 16.8. The number of aryl methyl sites for hydroxylation is 1. The van der Waals surface area contributed by atoms with Crippen LogP contribution >= 0.6 is 0 Å². The summed E-state index contributed by atoms with van der Waals surface area (Å²) in [5, 5.41) is 5.47. The lowest BCUT2D eigenvalue weighted by molar-refractivity contribution is -0.135. The van der Waals surface area contributed by atoms with Crippen LogP contribution in [0.4, 0.5) is 5.69 Å². The number of hydrogen-bond acceptors (Lipinski definition) is 3. The summed E-state index contributed by atoms with van der Waals surface area (Å²) < 4.78 is 0. The number of anilines is 1. The largest absolute Gasteiger partial charge is 0.347 e. The first-order valence-electron chi connectivity index (χ1n) is 9.43. The van der Waals surface area contributed by atoms with Crippen molar-refractivity contribution in [3.63, 3.8) is 0 Å². The first-order chi connectivity index (χ1) is 13.5. The highest BCUT2D eigenvalue weighted by atomic mass is 16.2. The smallest absolute Gasteiger partial charge is 0.244 e. The van der Waals surface area contributed by atoms with E-state index in [4.69, 9.17) is 0 Å². The Morgan fingerprint density at radius 1 is 0.929 bits per heavy atom. The van der Waals surface area contributed by atoms with Crippen LogP contribution in [0.2, 0.25) is 0 Å². The Labute approximate surface area is 165 Å². The monoisotopic (exact) mass is 381 g/mol. The summed E-state index contributed by atoms with van der Waals surface area (Å²) in [7, 11) is 0. The van der Waals surface area contributed by atoms with Crippen LogP contribution in [0.3, 0.4) is 0 Å². The van der Waals surface area contributed by atoms with Crippen LogP contribution in [-0.2, 0) is 20.8 Å². The molecule has 0 heterocycles. The van der Waals surface area contributed by atoms with Crippen molar-refractivity contribution in [2.75, 3.05) is 25.0 Å². The number of para-hydroxylation sites is 1. The minimum atomic E-state index is -0.275. The maximum Gasteiger partial charge on any atom is 0.244 e. The van der Waals surface area contributed by atoms with Gasteiger partial charge in [-0.1, -0.05) is 55.5 Å². The average molecular weight is 381 g/mol. The van der Waals surface area contributed by atoms with Gasteiger partial charge in [0.05, 0.1) is 19.5 Å². The standard InChI is InChI=1S/C22H27N3O3/c1-3-13-25(16-21(27)24-19-12-8-7-9-17(19)2)22(28)15-23-20(26)14-18-10-5-4-6-11-18/h4-12H,3,13-16H2,1-2H3,(H,23,26)(H,24,27). The van der Waals surface area contributed by atoms with Gasteiger partial charge >= 0.3 is 0 Å². The van der Waals surface area contributed by atoms with Gasteiger partial charge in [-0.2, -0.15) is 0 Å². The van der Waals surface area contributed by atoms with E-state index in [1.165, 1.54) is 4.90 Å². The molecule has 0 radical (unpaired) electrons. The molecular formula is C22H27N3O3. The molecule has 0 aliphatic rings. The molecule has 0 unspecified atom stereocenters. The Kier molecular flexibility index (Phi) is 8.21. The molecule has 3 amide bonds. The molecule has 0 saturated heterocycles. The molecule has 2 aromatic rings. The molecule has 6 nitrogen and oxygen atoms in total. The minimum Gasteiger partial charge on any atom is -0.347 e. The van der Waals surface area contributed by atoms with Crippen LogP contribution in [-0.4, -0.2) is 42.3 Å². The summed E-state index contributed by atoms with van der Waals surface area (Å²) >= 11 is 0.